The fourth-order valence-corrected chi connectivity index (χ4v) is 9.74. The molecular formula is C19H21N3O5S5. The van der Waals surface area contributed by atoms with Crippen molar-refractivity contribution < 1.29 is 24.0 Å². The van der Waals surface area contributed by atoms with Gasteiger partial charge in [-0.15, -0.1) is 39.2 Å². The molecule has 1 N–H and O–H groups in total. The van der Waals surface area contributed by atoms with Gasteiger partial charge in [-0.25, -0.2) is 4.98 Å². The summed E-state index contributed by atoms with van der Waals surface area (Å²) in [6, 6.07) is 2.56. The zero-order valence-corrected chi connectivity index (χ0v) is 21.3. The highest BCUT2D eigenvalue weighted by Gasteiger charge is 2.62. The Morgan fingerprint density at radius 2 is 2.28 bits per heavy atom. The van der Waals surface area contributed by atoms with Crippen molar-refractivity contribution in [2.24, 2.45) is 5.41 Å². The van der Waals surface area contributed by atoms with Gasteiger partial charge in [0, 0.05) is 31.0 Å². The third-order valence-corrected chi connectivity index (χ3v) is 12.2. The second-order valence-corrected chi connectivity index (χ2v) is 13.5. The molecule has 2 aliphatic rings. The van der Waals surface area contributed by atoms with E-state index in [-0.39, 0.29) is 12.5 Å². The largest absolute Gasteiger partial charge is 0.587 e. The van der Waals surface area contributed by atoms with Gasteiger partial charge in [0.2, 0.25) is 4.21 Å². The number of carbonyl (C=O) groups is 3. The summed E-state index contributed by atoms with van der Waals surface area (Å²) in [7, 11) is 0. The number of nitrogens with zero attached hydrogens (tertiary/aromatic N) is 3. The lowest BCUT2D eigenvalue weighted by atomic mass is 9.89. The Bertz CT molecular complexity index is 1010. The predicted octanol–water partition coefficient (Wildman–Crippen LogP) is 2.79. The van der Waals surface area contributed by atoms with Crippen LogP contribution in [0.4, 0.5) is 0 Å². The van der Waals surface area contributed by atoms with E-state index < -0.39 is 40.1 Å². The van der Waals surface area contributed by atoms with Crippen LogP contribution in [0, 0.1) is 5.41 Å². The van der Waals surface area contributed by atoms with Gasteiger partial charge in [0.15, 0.2) is 6.04 Å². The molecule has 0 saturated carbocycles. The number of carbonyl (C=O) groups excluding carboxylic acids is 2. The van der Waals surface area contributed by atoms with Gasteiger partial charge in [-0.2, -0.15) is 0 Å². The minimum Gasteiger partial charge on any atom is -0.587 e. The minimum atomic E-state index is -1.77. The fourth-order valence-electron chi connectivity index (χ4n) is 3.57. The van der Waals surface area contributed by atoms with Crippen LogP contribution in [0.5, 0.6) is 0 Å². The van der Waals surface area contributed by atoms with E-state index in [4.69, 9.17) is 0 Å². The quantitative estimate of drug-likeness (QED) is 0.314. The van der Waals surface area contributed by atoms with Gasteiger partial charge in [-0.1, -0.05) is 18.3 Å². The number of thiophene rings is 1. The van der Waals surface area contributed by atoms with Crippen molar-refractivity contribution in [1.82, 2.24) is 14.2 Å². The molecule has 4 heterocycles. The first-order chi connectivity index (χ1) is 15.3. The number of fused-ring (bicyclic) bond motifs is 1. The highest BCUT2D eigenvalue weighted by molar-refractivity contribution is 8.01. The number of thioether (sulfide) groups is 2. The first-order valence-electron chi connectivity index (χ1n) is 9.75. The Kier molecular flexibility index (Phi) is 7.13. The van der Waals surface area contributed by atoms with E-state index in [1.54, 1.807) is 35.0 Å². The summed E-state index contributed by atoms with van der Waals surface area (Å²) in [5.74, 6) is -1.13. The van der Waals surface area contributed by atoms with Crippen molar-refractivity contribution in [2.45, 2.75) is 40.1 Å². The molecule has 2 aliphatic heterocycles. The van der Waals surface area contributed by atoms with Gasteiger partial charge in [-0.3, -0.25) is 14.4 Å². The summed E-state index contributed by atoms with van der Waals surface area (Å²) >= 11 is 3.82. The second kappa shape index (κ2) is 9.55. The van der Waals surface area contributed by atoms with Crippen molar-refractivity contribution in [3.05, 3.63) is 28.7 Å². The van der Waals surface area contributed by atoms with Crippen molar-refractivity contribution in [1.29, 1.82) is 0 Å². The maximum atomic E-state index is 13.0. The Labute approximate surface area is 205 Å². The monoisotopic (exact) mass is 531 g/mol. The van der Waals surface area contributed by atoms with Gasteiger partial charge >= 0.3 is 5.97 Å². The highest BCUT2D eigenvalue weighted by Crippen LogP contribution is 2.47. The van der Waals surface area contributed by atoms with Crippen molar-refractivity contribution >= 4 is 75.3 Å². The topological polar surface area (TPSA) is 114 Å². The lowest BCUT2D eigenvalue weighted by Crippen LogP contribution is -2.74. The molecule has 2 aromatic rings. The van der Waals surface area contributed by atoms with Crippen LogP contribution in [-0.2, 0) is 32.2 Å². The van der Waals surface area contributed by atoms with E-state index in [1.807, 2.05) is 6.92 Å². The number of hydrogen-bond acceptors (Lipinski definition) is 9. The molecule has 2 fully saturated rings. The van der Waals surface area contributed by atoms with Crippen molar-refractivity contribution in [3.8, 4) is 0 Å². The Hall–Kier alpha value is -1.25. The maximum absolute atomic E-state index is 13.0. The molecule has 8 nitrogen and oxygen atoms in total. The number of rotatable bonds is 8. The molecule has 13 heteroatoms. The highest BCUT2D eigenvalue weighted by atomic mass is 32.2. The molecule has 2 saturated heterocycles. The predicted molar refractivity (Wildman–Crippen MR) is 127 cm³/mol. The van der Waals surface area contributed by atoms with Gasteiger partial charge in [-0.05, 0) is 17.9 Å². The first-order valence-corrected chi connectivity index (χ1v) is 14.6. The third-order valence-electron chi connectivity index (χ3n) is 5.30. The third kappa shape index (κ3) is 4.30. The number of aryl methyl sites for hydroxylation is 1. The van der Waals surface area contributed by atoms with E-state index >= 15 is 0 Å². The van der Waals surface area contributed by atoms with Crippen LogP contribution in [-0.4, -0.2) is 71.1 Å². The number of amides is 2. The molecule has 4 atom stereocenters. The van der Waals surface area contributed by atoms with E-state index in [0.717, 1.165) is 19.9 Å². The molecule has 4 rings (SSSR count). The number of β-lactam (4-membered cyclic amide) rings is 1. The summed E-state index contributed by atoms with van der Waals surface area (Å²) in [5, 5.41) is 12.4. The van der Waals surface area contributed by atoms with E-state index in [2.05, 4.69) is 4.98 Å². The SMILES string of the molecule is CCc1ncc(SCC2(C(=O)O)CS[C@@H]3C(N(C(C)=O)[S+]([O-])c4cccs4)C(=O)N3C2)s1. The van der Waals surface area contributed by atoms with Crippen LogP contribution >= 0.6 is 46.2 Å². The summed E-state index contributed by atoms with van der Waals surface area (Å²) in [6.45, 7) is 3.39. The normalized spacial score (nSPS) is 25.7. The van der Waals surface area contributed by atoms with Gasteiger partial charge in [0.05, 0.1) is 15.4 Å². The van der Waals surface area contributed by atoms with Crippen molar-refractivity contribution in [2.75, 3.05) is 18.1 Å². The summed E-state index contributed by atoms with van der Waals surface area (Å²) in [6.07, 6.45) is 2.59. The standard InChI is InChI=1S/C19H21N3O5S5/c1-3-12-20-7-13(31-12)29-9-19(18(25)26)8-21-16(24)15(17(21)30-10-19)22(11(2)23)32(27)14-5-4-6-28-14/h4-7,15,17H,3,8-10H2,1-2H3,(H,25,26)/t15?,17-,19?,32?/m1/s1. The molecule has 0 radical (unpaired) electrons. The van der Waals surface area contributed by atoms with Crippen LogP contribution in [0.25, 0.3) is 0 Å². The number of hydrogen-bond donors (Lipinski definition) is 1. The summed E-state index contributed by atoms with van der Waals surface area (Å²) < 4.78 is 15.6. The number of carboxylic acid groups (broad SMARTS) is 1. The molecule has 0 spiro atoms. The average molecular weight is 532 g/mol. The zero-order valence-electron chi connectivity index (χ0n) is 17.3. The lowest BCUT2D eigenvalue weighted by Gasteiger charge is -2.54. The Morgan fingerprint density at radius 3 is 2.88 bits per heavy atom. The van der Waals surface area contributed by atoms with Crippen LogP contribution < -0.4 is 0 Å². The number of thiazole rings is 1. The molecule has 3 unspecified atom stereocenters. The molecule has 0 aliphatic carbocycles. The molecule has 32 heavy (non-hydrogen) atoms. The van der Waals surface area contributed by atoms with Crippen LogP contribution in [0.15, 0.2) is 32.1 Å². The first kappa shape index (κ1) is 23.9. The van der Waals surface area contributed by atoms with Crippen LogP contribution in [0.1, 0.15) is 18.9 Å². The van der Waals surface area contributed by atoms with Gasteiger partial charge in [0.1, 0.15) is 22.2 Å². The van der Waals surface area contributed by atoms with Gasteiger partial charge in [0.25, 0.3) is 11.8 Å². The maximum Gasteiger partial charge on any atom is 0.313 e. The molecule has 0 bridgehead atoms. The van der Waals surface area contributed by atoms with Crippen LogP contribution in [0.2, 0.25) is 0 Å². The van der Waals surface area contributed by atoms with Gasteiger partial charge < -0.3 is 14.6 Å². The van der Waals surface area contributed by atoms with E-state index in [1.165, 1.54) is 46.7 Å². The number of aliphatic carboxylic acids is 1. The molecule has 2 aromatic heterocycles. The second-order valence-electron chi connectivity index (χ2n) is 7.44. The van der Waals surface area contributed by atoms with Crippen molar-refractivity contribution in [3.63, 3.8) is 0 Å². The average Bonchev–Trinajstić information content (AvgIpc) is 3.47. The molecule has 172 valence electrons. The fraction of sp³-hybridized carbons (Fsp3) is 0.474. The van der Waals surface area contributed by atoms with Crippen LogP contribution in [0.3, 0.4) is 0 Å². The number of carboxylic acids is 1. The minimum absolute atomic E-state index is 0.0686. The smallest absolute Gasteiger partial charge is 0.313 e. The Morgan fingerprint density at radius 1 is 1.50 bits per heavy atom. The molecular weight excluding hydrogens is 511 g/mol. The molecule has 2 amide bonds. The summed E-state index contributed by atoms with van der Waals surface area (Å²) in [4.78, 5) is 43.4. The van der Waals surface area contributed by atoms with E-state index in [0.29, 0.717) is 15.7 Å². The zero-order chi connectivity index (χ0) is 23.0. The molecule has 0 aromatic carbocycles. The number of aromatic nitrogens is 1. The van der Waals surface area contributed by atoms with E-state index in [9.17, 15) is 24.0 Å². The lowest BCUT2D eigenvalue weighted by molar-refractivity contribution is -0.161. The Balaban J connectivity index is 1.48. The summed E-state index contributed by atoms with van der Waals surface area (Å²) in [5.41, 5.74) is -1.10.